The van der Waals surface area contributed by atoms with Gasteiger partial charge in [-0.3, -0.25) is 4.79 Å². The summed E-state index contributed by atoms with van der Waals surface area (Å²) in [6, 6.07) is 6.73. The van der Waals surface area contributed by atoms with Crippen molar-refractivity contribution in [2.45, 2.75) is 46.1 Å². The molecule has 2 nitrogen and oxygen atoms in total. The molecule has 0 radical (unpaired) electrons. The van der Waals surface area contributed by atoms with Crippen molar-refractivity contribution in [1.82, 2.24) is 0 Å². The number of hydrogen-bond acceptors (Lipinski definition) is 1. The molecule has 1 aliphatic rings. The summed E-state index contributed by atoms with van der Waals surface area (Å²) in [6.07, 6.45) is 2.60. The monoisotopic (exact) mass is 217 g/mol. The van der Waals surface area contributed by atoms with Crippen LogP contribution < -0.4 is 4.90 Å². The summed E-state index contributed by atoms with van der Waals surface area (Å²) in [7, 11) is 0. The van der Waals surface area contributed by atoms with E-state index in [1.54, 1.807) is 0 Å². The van der Waals surface area contributed by atoms with Gasteiger partial charge >= 0.3 is 0 Å². The minimum absolute atomic E-state index is 0.249. The standard InChI is InChI=1S/C14H19NO/c1-4-11-5-7-13-12(9-11)6-8-14(16)15(13)10(2)3/h5,7,9-10H,4,6,8H2,1-3H3. The van der Waals surface area contributed by atoms with E-state index in [-0.39, 0.29) is 11.9 Å². The molecule has 0 aromatic heterocycles. The van der Waals surface area contributed by atoms with E-state index in [1.807, 2.05) is 4.90 Å². The molecule has 0 saturated heterocycles. The Bertz CT molecular complexity index is 409. The topological polar surface area (TPSA) is 20.3 Å². The first-order valence-corrected chi connectivity index (χ1v) is 6.07. The van der Waals surface area contributed by atoms with Crippen LogP contribution in [0.5, 0.6) is 0 Å². The summed E-state index contributed by atoms with van der Waals surface area (Å²) < 4.78 is 0. The number of rotatable bonds is 2. The Morgan fingerprint density at radius 2 is 2.06 bits per heavy atom. The summed E-state index contributed by atoms with van der Waals surface area (Å²) in [5, 5.41) is 0. The van der Waals surface area contributed by atoms with E-state index in [0.29, 0.717) is 6.42 Å². The van der Waals surface area contributed by atoms with Crippen LogP contribution in [-0.2, 0) is 17.6 Å². The molecular formula is C14H19NO. The number of amides is 1. The zero-order valence-electron chi connectivity index (χ0n) is 10.3. The molecular weight excluding hydrogens is 198 g/mol. The Kier molecular flexibility index (Phi) is 2.99. The van der Waals surface area contributed by atoms with Crippen molar-refractivity contribution in [3.63, 3.8) is 0 Å². The molecule has 0 N–H and O–H groups in total. The summed E-state index contributed by atoms with van der Waals surface area (Å²) in [5.41, 5.74) is 3.80. The predicted octanol–water partition coefficient (Wildman–Crippen LogP) is 2.94. The van der Waals surface area contributed by atoms with E-state index in [4.69, 9.17) is 0 Å². The van der Waals surface area contributed by atoms with E-state index >= 15 is 0 Å². The Hall–Kier alpha value is -1.31. The van der Waals surface area contributed by atoms with Gasteiger partial charge in [-0.05, 0) is 43.9 Å². The maximum Gasteiger partial charge on any atom is 0.227 e. The first kappa shape index (κ1) is 11.2. The Morgan fingerprint density at radius 1 is 1.31 bits per heavy atom. The summed E-state index contributed by atoms with van der Waals surface area (Å²) >= 11 is 0. The van der Waals surface area contributed by atoms with Crippen molar-refractivity contribution in [3.05, 3.63) is 29.3 Å². The van der Waals surface area contributed by atoms with Gasteiger partial charge in [0.05, 0.1) is 0 Å². The molecule has 0 fully saturated rings. The fourth-order valence-electron chi connectivity index (χ4n) is 2.36. The highest BCUT2D eigenvalue weighted by Crippen LogP contribution is 2.30. The lowest BCUT2D eigenvalue weighted by Gasteiger charge is -2.33. The van der Waals surface area contributed by atoms with Gasteiger partial charge in [0.25, 0.3) is 0 Å². The second-order valence-corrected chi connectivity index (χ2v) is 4.67. The van der Waals surface area contributed by atoms with Gasteiger partial charge in [0, 0.05) is 18.2 Å². The Morgan fingerprint density at radius 3 is 2.69 bits per heavy atom. The molecule has 1 aliphatic heterocycles. The summed E-state index contributed by atoms with van der Waals surface area (Å²) in [4.78, 5) is 13.8. The highest BCUT2D eigenvalue weighted by molar-refractivity contribution is 5.96. The fourth-order valence-corrected chi connectivity index (χ4v) is 2.36. The van der Waals surface area contributed by atoms with Gasteiger partial charge in [-0.1, -0.05) is 19.1 Å². The molecule has 16 heavy (non-hydrogen) atoms. The number of benzene rings is 1. The third-order valence-electron chi connectivity index (χ3n) is 3.20. The van der Waals surface area contributed by atoms with Crippen LogP contribution in [0, 0.1) is 0 Å². The van der Waals surface area contributed by atoms with Gasteiger partial charge in [-0.15, -0.1) is 0 Å². The zero-order valence-corrected chi connectivity index (χ0v) is 10.3. The van der Waals surface area contributed by atoms with Gasteiger partial charge < -0.3 is 4.90 Å². The maximum absolute atomic E-state index is 11.9. The minimum atomic E-state index is 0.249. The molecule has 2 rings (SSSR count). The fraction of sp³-hybridized carbons (Fsp3) is 0.500. The van der Waals surface area contributed by atoms with Crippen molar-refractivity contribution >= 4 is 11.6 Å². The van der Waals surface area contributed by atoms with Gasteiger partial charge in [-0.2, -0.15) is 0 Å². The van der Waals surface area contributed by atoms with Crippen molar-refractivity contribution in [1.29, 1.82) is 0 Å². The van der Waals surface area contributed by atoms with E-state index in [2.05, 4.69) is 39.0 Å². The van der Waals surface area contributed by atoms with Crippen molar-refractivity contribution < 1.29 is 4.79 Å². The predicted molar refractivity (Wildman–Crippen MR) is 66.8 cm³/mol. The van der Waals surface area contributed by atoms with E-state index in [9.17, 15) is 4.79 Å². The zero-order chi connectivity index (χ0) is 11.7. The van der Waals surface area contributed by atoms with Crippen LogP contribution in [0.1, 0.15) is 38.3 Å². The van der Waals surface area contributed by atoms with E-state index in [0.717, 1.165) is 18.5 Å². The molecule has 0 unspecified atom stereocenters. The lowest BCUT2D eigenvalue weighted by molar-refractivity contribution is -0.119. The summed E-state index contributed by atoms with van der Waals surface area (Å²) in [6.45, 7) is 6.30. The number of fused-ring (bicyclic) bond motifs is 1. The number of carbonyl (C=O) groups is 1. The van der Waals surface area contributed by atoms with Crippen LogP contribution in [0.4, 0.5) is 5.69 Å². The minimum Gasteiger partial charge on any atom is -0.310 e. The molecule has 0 bridgehead atoms. The van der Waals surface area contributed by atoms with Crippen molar-refractivity contribution in [3.8, 4) is 0 Å². The highest BCUT2D eigenvalue weighted by atomic mass is 16.2. The van der Waals surface area contributed by atoms with Crippen LogP contribution in [0.25, 0.3) is 0 Å². The molecule has 0 spiro atoms. The number of hydrogen-bond donors (Lipinski definition) is 0. The van der Waals surface area contributed by atoms with E-state index < -0.39 is 0 Å². The van der Waals surface area contributed by atoms with E-state index in [1.165, 1.54) is 11.1 Å². The van der Waals surface area contributed by atoms with Gasteiger partial charge in [0.15, 0.2) is 0 Å². The molecule has 0 saturated carbocycles. The normalized spacial score (nSPS) is 15.5. The van der Waals surface area contributed by atoms with Crippen molar-refractivity contribution in [2.75, 3.05) is 4.90 Å². The molecule has 1 amide bonds. The number of aryl methyl sites for hydroxylation is 2. The third kappa shape index (κ3) is 1.84. The summed E-state index contributed by atoms with van der Waals surface area (Å²) in [5.74, 6) is 0.256. The molecule has 0 aliphatic carbocycles. The van der Waals surface area contributed by atoms with Crippen LogP contribution >= 0.6 is 0 Å². The molecule has 0 atom stereocenters. The average Bonchev–Trinajstić information content (AvgIpc) is 2.27. The largest absolute Gasteiger partial charge is 0.310 e. The lowest BCUT2D eigenvalue weighted by Crippen LogP contribution is -2.40. The molecule has 1 aromatic carbocycles. The average molecular weight is 217 g/mol. The molecule has 86 valence electrons. The first-order valence-electron chi connectivity index (χ1n) is 6.07. The quantitative estimate of drug-likeness (QED) is 0.746. The lowest BCUT2D eigenvalue weighted by atomic mass is 9.97. The smallest absolute Gasteiger partial charge is 0.227 e. The maximum atomic E-state index is 11.9. The van der Waals surface area contributed by atoms with Crippen LogP contribution in [0.15, 0.2) is 18.2 Å². The van der Waals surface area contributed by atoms with Gasteiger partial charge in [0.2, 0.25) is 5.91 Å². The highest BCUT2D eigenvalue weighted by Gasteiger charge is 2.25. The van der Waals surface area contributed by atoms with Crippen LogP contribution in [0.3, 0.4) is 0 Å². The van der Waals surface area contributed by atoms with Crippen LogP contribution in [-0.4, -0.2) is 11.9 Å². The van der Waals surface area contributed by atoms with Crippen molar-refractivity contribution in [2.24, 2.45) is 0 Å². The Balaban J connectivity index is 2.44. The van der Waals surface area contributed by atoms with Gasteiger partial charge in [0.1, 0.15) is 0 Å². The first-order chi connectivity index (χ1) is 7.63. The third-order valence-corrected chi connectivity index (χ3v) is 3.20. The second kappa shape index (κ2) is 4.28. The number of anilines is 1. The molecule has 2 heteroatoms. The Labute approximate surface area is 97.3 Å². The number of carbonyl (C=O) groups excluding carboxylic acids is 1. The molecule has 1 aromatic rings. The molecule has 1 heterocycles. The number of nitrogens with zero attached hydrogens (tertiary/aromatic N) is 1. The SMILES string of the molecule is CCc1ccc2c(c1)CCC(=O)N2C(C)C. The second-order valence-electron chi connectivity index (χ2n) is 4.67. The van der Waals surface area contributed by atoms with Crippen LogP contribution in [0.2, 0.25) is 0 Å². The van der Waals surface area contributed by atoms with Gasteiger partial charge in [-0.25, -0.2) is 0 Å².